The van der Waals surface area contributed by atoms with Gasteiger partial charge >= 0.3 is 0 Å². The van der Waals surface area contributed by atoms with Crippen LogP contribution in [0.1, 0.15) is 0 Å². The van der Waals surface area contributed by atoms with Crippen LogP contribution in [0.3, 0.4) is 0 Å². The molecule has 0 aromatic heterocycles. The second-order valence-electron chi connectivity index (χ2n) is 14.1. The predicted molar refractivity (Wildman–Crippen MR) is 234 cm³/mol. The molecule has 0 saturated heterocycles. The zero-order chi connectivity index (χ0) is 37.3. The number of benzene rings is 9. The monoisotopic (exact) mass is 715 g/mol. The van der Waals surface area contributed by atoms with E-state index < -0.39 is 0 Å². The summed E-state index contributed by atoms with van der Waals surface area (Å²) in [6.07, 6.45) is 0. The zero-order valence-corrected chi connectivity index (χ0v) is 30.7. The lowest BCUT2D eigenvalue weighted by Gasteiger charge is -2.26. The van der Waals surface area contributed by atoms with Gasteiger partial charge in [-0.1, -0.05) is 170 Å². The summed E-state index contributed by atoms with van der Waals surface area (Å²) in [4.78, 5) is 2.30. The molecule has 0 unspecified atom stereocenters. The Morgan fingerprint density at radius 2 is 0.571 bits per heavy atom. The molecule has 1 heterocycles. The van der Waals surface area contributed by atoms with Gasteiger partial charge in [0.05, 0.1) is 0 Å². The van der Waals surface area contributed by atoms with Crippen molar-refractivity contribution < 1.29 is 4.74 Å². The zero-order valence-electron chi connectivity index (χ0n) is 30.7. The highest BCUT2D eigenvalue weighted by Crippen LogP contribution is 2.49. The van der Waals surface area contributed by atoms with E-state index in [2.05, 4.69) is 229 Å². The van der Waals surface area contributed by atoms with Gasteiger partial charge in [0.2, 0.25) is 0 Å². The molecule has 0 N–H and O–H groups in total. The number of hydrogen-bond donors (Lipinski definition) is 0. The third-order valence-corrected chi connectivity index (χ3v) is 10.7. The molecule has 0 radical (unpaired) electrons. The van der Waals surface area contributed by atoms with Gasteiger partial charge in [0.15, 0.2) is 0 Å². The molecular formula is C54H37NO. The van der Waals surface area contributed by atoms with Crippen LogP contribution >= 0.6 is 0 Å². The molecule has 2 heteroatoms. The number of para-hydroxylation sites is 1. The Morgan fingerprint density at radius 1 is 0.232 bits per heavy atom. The fourth-order valence-corrected chi connectivity index (χ4v) is 7.84. The van der Waals surface area contributed by atoms with Crippen molar-refractivity contribution in [3.8, 4) is 78.3 Å². The van der Waals surface area contributed by atoms with E-state index >= 15 is 0 Å². The molecule has 1 aliphatic heterocycles. The van der Waals surface area contributed by atoms with Crippen molar-refractivity contribution in [1.82, 2.24) is 0 Å². The van der Waals surface area contributed by atoms with Crippen LogP contribution in [0, 0.1) is 0 Å². The van der Waals surface area contributed by atoms with E-state index in [1.165, 1.54) is 33.4 Å². The lowest BCUT2D eigenvalue weighted by atomic mass is 9.93. The molecule has 0 amide bonds. The van der Waals surface area contributed by atoms with E-state index in [1.54, 1.807) is 0 Å². The van der Waals surface area contributed by atoms with Gasteiger partial charge < -0.3 is 9.64 Å². The molecule has 0 atom stereocenters. The van der Waals surface area contributed by atoms with Gasteiger partial charge in [0, 0.05) is 34.3 Å². The molecule has 0 aliphatic carbocycles. The first-order chi connectivity index (χ1) is 27.7. The van der Waals surface area contributed by atoms with Gasteiger partial charge in [0.1, 0.15) is 11.5 Å². The smallest absolute Gasteiger partial charge is 0.137 e. The summed E-state index contributed by atoms with van der Waals surface area (Å²) >= 11 is 0. The van der Waals surface area contributed by atoms with Crippen molar-refractivity contribution in [1.29, 1.82) is 0 Å². The minimum atomic E-state index is 0.821. The highest BCUT2D eigenvalue weighted by molar-refractivity contribution is 5.93. The van der Waals surface area contributed by atoms with Crippen molar-refractivity contribution in [2.24, 2.45) is 0 Å². The van der Waals surface area contributed by atoms with Gasteiger partial charge in [-0.2, -0.15) is 0 Å². The fourth-order valence-electron chi connectivity index (χ4n) is 7.84. The Balaban J connectivity index is 1.01. The predicted octanol–water partition coefficient (Wildman–Crippen LogP) is 15.3. The van der Waals surface area contributed by atoms with E-state index in [0.29, 0.717) is 0 Å². The van der Waals surface area contributed by atoms with Crippen molar-refractivity contribution in [3.05, 3.63) is 224 Å². The Kier molecular flexibility index (Phi) is 8.55. The summed E-state index contributed by atoms with van der Waals surface area (Å²) in [5.74, 6) is 1.66. The molecule has 0 saturated carbocycles. The van der Waals surface area contributed by atoms with E-state index in [1.807, 2.05) is 0 Å². The van der Waals surface area contributed by atoms with Gasteiger partial charge in [0.25, 0.3) is 0 Å². The molecule has 0 fully saturated rings. The van der Waals surface area contributed by atoms with Gasteiger partial charge in [-0.3, -0.25) is 0 Å². The highest BCUT2D eigenvalue weighted by Gasteiger charge is 2.23. The maximum absolute atomic E-state index is 6.99. The first kappa shape index (κ1) is 33.2. The van der Waals surface area contributed by atoms with E-state index in [9.17, 15) is 0 Å². The van der Waals surface area contributed by atoms with E-state index in [-0.39, 0.29) is 0 Å². The summed E-state index contributed by atoms with van der Waals surface area (Å²) in [6, 6.07) is 79.8. The van der Waals surface area contributed by atoms with Gasteiger partial charge in [-0.05, 0) is 104 Å². The summed E-state index contributed by atoms with van der Waals surface area (Å²) in [6.45, 7) is 0. The van der Waals surface area contributed by atoms with Gasteiger partial charge in [-0.15, -0.1) is 0 Å². The van der Waals surface area contributed by atoms with Crippen LogP contribution in [0.15, 0.2) is 224 Å². The first-order valence-electron chi connectivity index (χ1n) is 19.1. The Morgan fingerprint density at radius 3 is 1.09 bits per heavy atom. The third-order valence-electron chi connectivity index (χ3n) is 10.7. The third kappa shape index (κ3) is 6.34. The van der Waals surface area contributed by atoms with Crippen LogP contribution in [-0.2, 0) is 0 Å². The lowest BCUT2D eigenvalue weighted by molar-refractivity contribution is 0.488. The van der Waals surface area contributed by atoms with E-state index in [4.69, 9.17) is 4.74 Å². The van der Waals surface area contributed by atoms with Gasteiger partial charge in [-0.25, -0.2) is 0 Å². The van der Waals surface area contributed by atoms with Crippen molar-refractivity contribution >= 4 is 17.1 Å². The van der Waals surface area contributed by atoms with Crippen LogP contribution in [-0.4, -0.2) is 0 Å². The standard InChI is InChI=1S/C54H37NO/c1-4-12-38(13-5-1)40-20-22-42(23-21-40)43-28-31-47(32-29-43)55(46-16-8-3-9-17-46)48-33-35-52-50-19-11-10-18-49(50)51-34-30-45(36-53(51)56-54(52)37-48)44-26-24-41(25-27-44)39-14-6-2-7-15-39/h1-37H. The summed E-state index contributed by atoms with van der Waals surface area (Å²) in [7, 11) is 0. The van der Waals surface area contributed by atoms with Crippen LogP contribution in [0.4, 0.5) is 17.1 Å². The number of anilines is 3. The molecular weight excluding hydrogens is 679 g/mol. The molecule has 56 heavy (non-hydrogen) atoms. The molecule has 0 spiro atoms. The van der Waals surface area contributed by atoms with Crippen LogP contribution < -0.4 is 9.64 Å². The molecule has 1 aliphatic rings. The van der Waals surface area contributed by atoms with Crippen molar-refractivity contribution in [2.45, 2.75) is 0 Å². The second-order valence-corrected chi connectivity index (χ2v) is 14.1. The molecule has 264 valence electrons. The number of ether oxygens (including phenoxy) is 1. The average Bonchev–Trinajstić information content (AvgIpc) is 3.42. The largest absolute Gasteiger partial charge is 0.456 e. The Labute approximate surface area is 328 Å². The topological polar surface area (TPSA) is 12.5 Å². The highest BCUT2D eigenvalue weighted by atomic mass is 16.5. The first-order valence-corrected chi connectivity index (χ1v) is 19.1. The number of fused-ring (bicyclic) bond motifs is 5. The minimum Gasteiger partial charge on any atom is -0.456 e. The quantitative estimate of drug-likeness (QED) is 0.163. The minimum absolute atomic E-state index is 0.821. The summed E-state index contributed by atoms with van der Waals surface area (Å²) in [5, 5.41) is 0. The Hall–Kier alpha value is -7.42. The number of rotatable bonds is 7. The fraction of sp³-hybridized carbons (Fsp3) is 0. The van der Waals surface area contributed by atoms with Crippen LogP contribution in [0.25, 0.3) is 66.8 Å². The van der Waals surface area contributed by atoms with Crippen molar-refractivity contribution in [2.75, 3.05) is 4.90 Å². The maximum atomic E-state index is 6.99. The Bertz CT molecular complexity index is 2780. The molecule has 2 nitrogen and oxygen atoms in total. The summed E-state index contributed by atoms with van der Waals surface area (Å²) < 4.78 is 6.99. The average molecular weight is 716 g/mol. The molecule has 9 aromatic rings. The van der Waals surface area contributed by atoms with E-state index in [0.717, 1.165) is 61.9 Å². The summed E-state index contributed by atoms with van der Waals surface area (Å²) in [5.41, 5.74) is 17.1. The normalized spacial score (nSPS) is 11.4. The van der Waals surface area contributed by atoms with Crippen LogP contribution in [0.2, 0.25) is 0 Å². The molecule has 0 bridgehead atoms. The van der Waals surface area contributed by atoms with Crippen LogP contribution in [0.5, 0.6) is 11.5 Å². The molecule has 10 rings (SSSR count). The number of nitrogens with zero attached hydrogens (tertiary/aromatic N) is 1. The SMILES string of the molecule is c1ccc(-c2ccc(-c3ccc(N(c4ccccc4)c4ccc5c(c4)Oc4cc(-c6ccc(-c7ccccc7)cc6)ccc4-c4ccccc4-5)cc3)cc2)cc1. The van der Waals surface area contributed by atoms with Crippen molar-refractivity contribution in [3.63, 3.8) is 0 Å². The lowest BCUT2D eigenvalue weighted by Crippen LogP contribution is -2.10. The number of hydrogen-bond acceptors (Lipinski definition) is 2. The molecule has 9 aromatic carbocycles. The second kappa shape index (κ2) is 14.4. The maximum Gasteiger partial charge on any atom is 0.137 e.